The summed E-state index contributed by atoms with van der Waals surface area (Å²) in [4.78, 5) is 11.1. The fourth-order valence-electron chi connectivity index (χ4n) is 1.55. The molecule has 2 N–H and O–H groups in total. The van der Waals surface area contributed by atoms with E-state index in [0.29, 0.717) is 10.0 Å². The number of hydrogen-bond acceptors (Lipinski definition) is 2. The van der Waals surface area contributed by atoms with E-state index in [1.165, 1.54) is 6.07 Å². The van der Waals surface area contributed by atoms with Crippen molar-refractivity contribution >= 4 is 21.9 Å². The molecule has 1 atom stereocenters. The molecule has 1 rings (SSSR count). The van der Waals surface area contributed by atoms with Gasteiger partial charge < -0.3 is 10.2 Å². The SMILES string of the molecule is CC(C)C(C(=O)O)c1cccc(O)c1Br. The maximum atomic E-state index is 11.1. The van der Waals surface area contributed by atoms with Gasteiger partial charge >= 0.3 is 5.97 Å². The van der Waals surface area contributed by atoms with Crippen molar-refractivity contribution < 1.29 is 15.0 Å². The number of phenolic OH excluding ortho intramolecular Hbond substituents is 1. The van der Waals surface area contributed by atoms with Crippen LogP contribution in [0.15, 0.2) is 22.7 Å². The van der Waals surface area contributed by atoms with Crippen molar-refractivity contribution in [3.05, 3.63) is 28.2 Å². The number of carbonyl (C=O) groups is 1. The van der Waals surface area contributed by atoms with Crippen LogP contribution in [0.2, 0.25) is 0 Å². The highest BCUT2D eigenvalue weighted by atomic mass is 79.9. The molecule has 1 aromatic carbocycles. The maximum Gasteiger partial charge on any atom is 0.311 e. The Labute approximate surface area is 96.9 Å². The maximum absolute atomic E-state index is 11.1. The van der Waals surface area contributed by atoms with Crippen molar-refractivity contribution in [1.29, 1.82) is 0 Å². The Bertz CT molecular complexity index is 374. The first kappa shape index (κ1) is 12.0. The standard InChI is InChI=1S/C11H13BrO3/c1-6(2)9(11(14)15)7-4-3-5-8(13)10(7)12/h3-6,9,13H,1-2H3,(H,14,15). The molecule has 0 saturated heterocycles. The van der Waals surface area contributed by atoms with E-state index in [1.807, 2.05) is 13.8 Å². The lowest BCUT2D eigenvalue weighted by atomic mass is 9.88. The van der Waals surface area contributed by atoms with Gasteiger partial charge in [0.25, 0.3) is 0 Å². The predicted molar refractivity (Wildman–Crippen MR) is 61.0 cm³/mol. The predicted octanol–water partition coefficient (Wildman–Crippen LogP) is 2.98. The van der Waals surface area contributed by atoms with E-state index in [4.69, 9.17) is 5.11 Å². The fourth-order valence-corrected chi connectivity index (χ4v) is 2.07. The minimum atomic E-state index is -0.878. The summed E-state index contributed by atoms with van der Waals surface area (Å²) in [6.45, 7) is 3.69. The summed E-state index contributed by atoms with van der Waals surface area (Å²) in [6, 6.07) is 4.88. The smallest absolute Gasteiger partial charge is 0.311 e. The number of halogens is 1. The average Bonchev–Trinajstić information content (AvgIpc) is 2.11. The van der Waals surface area contributed by atoms with Gasteiger partial charge in [-0.05, 0) is 33.5 Å². The molecule has 0 radical (unpaired) electrons. The van der Waals surface area contributed by atoms with Gasteiger partial charge in [-0.2, -0.15) is 0 Å². The Balaban J connectivity index is 3.23. The summed E-state index contributed by atoms with van der Waals surface area (Å²) in [5.74, 6) is -1.44. The van der Waals surface area contributed by atoms with Crippen molar-refractivity contribution in [3.8, 4) is 5.75 Å². The van der Waals surface area contributed by atoms with Crippen molar-refractivity contribution in [2.75, 3.05) is 0 Å². The molecule has 15 heavy (non-hydrogen) atoms. The van der Waals surface area contributed by atoms with E-state index >= 15 is 0 Å². The molecule has 0 aliphatic carbocycles. The molecule has 1 aromatic rings. The lowest BCUT2D eigenvalue weighted by molar-refractivity contribution is -0.139. The molecule has 0 aliphatic rings. The Hall–Kier alpha value is -1.03. The third-order valence-corrected chi connectivity index (χ3v) is 3.14. The Kier molecular flexibility index (Phi) is 3.74. The summed E-state index contributed by atoms with van der Waals surface area (Å²) in [5.41, 5.74) is 0.609. The molecule has 0 fully saturated rings. The molecule has 0 aliphatic heterocycles. The molecule has 0 saturated carbocycles. The lowest BCUT2D eigenvalue weighted by Gasteiger charge is -2.18. The second kappa shape index (κ2) is 4.66. The number of benzene rings is 1. The summed E-state index contributed by atoms with van der Waals surface area (Å²) >= 11 is 3.20. The largest absolute Gasteiger partial charge is 0.507 e. The first-order chi connectivity index (χ1) is 6.95. The topological polar surface area (TPSA) is 57.5 Å². The number of hydrogen-bond donors (Lipinski definition) is 2. The molecule has 0 heterocycles. The number of carboxylic acid groups (broad SMARTS) is 1. The Morgan fingerprint density at radius 2 is 2.00 bits per heavy atom. The molecule has 4 heteroatoms. The number of aromatic hydroxyl groups is 1. The van der Waals surface area contributed by atoms with Crippen LogP contribution in [0.1, 0.15) is 25.3 Å². The van der Waals surface area contributed by atoms with E-state index in [2.05, 4.69) is 15.9 Å². The van der Waals surface area contributed by atoms with E-state index in [9.17, 15) is 9.90 Å². The summed E-state index contributed by atoms with van der Waals surface area (Å²) < 4.78 is 0.464. The number of rotatable bonds is 3. The fraction of sp³-hybridized carbons (Fsp3) is 0.364. The van der Waals surface area contributed by atoms with Crippen LogP contribution in [-0.4, -0.2) is 16.2 Å². The molecular weight excluding hydrogens is 260 g/mol. The average molecular weight is 273 g/mol. The van der Waals surface area contributed by atoms with Gasteiger partial charge in [0, 0.05) is 0 Å². The monoisotopic (exact) mass is 272 g/mol. The molecule has 0 bridgehead atoms. The molecular formula is C11H13BrO3. The Morgan fingerprint density at radius 3 is 2.47 bits per heavy atom. The highest BCUT2D eigenvalue weighted by Gasteiger charge is 2.26. The quantitative estimate of drug-likeness (QED) is 0.890. The zero-order valence-corrected chi connectivity index (χ0v) is 10.2. The molecule has 0 spiro atoms. The summed E-state index contributed by atoms with van der Waals surface area (Å²) in [6.07, 6.45) is 0. The Morgan fingerprint density at radius 1 is 1.40 bits per heavy atom. The summed E-state index contributed by atoms with van der Waals surface area (Å²) in [7, 11) is 0. The molecule has 3 nitrogen and oxygen atoms in total. The number of aliphatic carboxylic acids is 1. The van der Waals surface area contributed by atoms with Crippen LogP contribution in [0.4, 0.5) is 0 Å². The molecule has 0 aromatic heterocycles. The third-order valence-electron chi connectivity index (χ3n) is 2.28. The van der Waals surface area contributed by atoms with Crippen molar-refractivity contribution in [2.45, 2.75) is 19.8 Å². The van der Waals surface area contributed by atoms with Crippen LogP contribution in [0.25, 0.3) is 0 Å². The first-order valence-electron chi connectivity index (χ1n) is 4.65. The highest BCUT2D eigenvalue weighted by Crippen LogP contribution is 2.35. The zero-order chi connectivity index (χ0) is 11.6. The minimum Gasteiger partial charge on any atom is -0.507 e. The van der Waals surface area contributed by atoms with E-state index in [1.54, 1.807) is 12.1 Å². The third kappa shape index (κ3) is 2.50. The zero-order valence-electron chi connectivity index (χ0n) is 8.57. The minimum absolute atomic E-state index is 0.0272. The van der Waals surface area contributed by atoms with Crippen molar-refractivity contribution in [2.24, 2.45) is 5.92 Å². The van der Waals surface area contributed by atoms with E-state index in [-0.39, 0.29) is 11.7 Å². The van der Waals surface area contributed by atoms with E-state index in [0.717, 1.165) is 0 Å². The molecule has 0 amide bonds. The van der Waals surface area contributed by atoms with Crippen LogP contribution in [0.5, 0.6) is 5.75 Å². The normalized spacial score (nSPS) is 12.8. The van der Waals surface area contributed by atoms with Gasteiger partial charge in [-0.15, -0.1) is 0 Å². The van der Waals surface area contributed by atoms with E-state index < -0.39 is 11.9 Å². The van der Waals surface area contributed by atoms with Gasteiger partial charge in [-0.3, -0.25) is 4.79 Å². The van der Waals surface area contributed by atoms with Gasteiger partial charge in [0.05, 0.1) is 10.4 Å². The number of carboxylic acids is 1. The second-order valence-electron chi connectivity index (χ2n) is 3.74. The number of phenols is 1. The first-order valence-corrected chi connectivity index (χ1v) is 5.44. The van der Waals surface area contributed by atoms with Crippen LogP contribution >= 0.6 is 15.9 Å². The molecule has 82 valence electrons. The van der Waals surface area contributed by atoms with Crippen LogP contribution in [-0.2, 0) is 4.79 Å². The summed E-state index contributed by atoms with van der Waals surface area (Å²) in [5, 5.41) is 18.6. The van der Waals surface area contributed by atoms with Crippen LogP contribution in [0.3, 0.4) is 0 Å². The van der Waals surface area contributed by atoms with Crippen LogP contribution in [0, 0.1) is 5.92 Å². The highest BCUT2D eigenvalue weighted by molar-refractivity contribution is 9.10. The van der Waals surface area contributed by atoms with Gasteiger partial charge in [0.15, 0.2) is 0 Å². The second-order valence-corrected chi connectivity index (χ2v) is 4.53. The lowest BCUT2D eigenvalue weighted by Crippen LogP contribution is -2.17. The van der Waals surface area contributed by atoms with Gasteiger partial charge in [0.1, 0.15) is 5.75 Å². The van der Waals surface area contributed by atoms with Crippen molar-refractivity contribution in [3.63, 3.8) is 0 Å². The van der Waals surface area contributed by atoms with Gasteiger partial charge in [-0.25, -0.2) is 0 Å². The van der Waals surface area contributed by atoms with Crippen molar-refractivity contribution in [1.82, 2.24) is 0 Å². The van der Waals surface area contributed by atoms with Gasteiger partial charge in [0.2, 0.25) is 0 Å². The molecule has 1 unspecified atom stereocenters. The van der Waals surface area contributed by atoms with Crippen LogP contribution < -0.4 is 0 Å². The van der Waals surface area contributed by atoms with Gasteiger partial charge in [-0.1, -0.05) is 26.0 Å².